The van der Waals surface area contributed by atoms with Crippen LogP contribution in [0.5, 0.6) is 0 Å². The maximum Gasteiger partial charge on any atom is 0.265 e. The topological polar surface area (TPSA) is 121 Å². The largest absolute Gasteiger partial charge is 0.394 e. The highest BCUT2D eigenvalue weighted by Gasteiger charge is 2.19. The van der Waals surface area contributed by atoms with Crippen LogP contribution in [0, 0.1) is 0 Å². The first-order chi connectivity index (χ1) is 11.9. The molecule has 0 aromatic carbocycles. The van der Waals surface area contributed by atoms with Crippen LogP contribution in [-0.2, 0) is 14.4 Å². The maximum atomic E-state index is 11.7. The number of unbranched alkanes of at least 4 members (excludes halogenated alkanes) is 5. The van der Waals surface area contributed by atoms with Crippen LogP contribution in [0.2, 0.25) is 0 Å². The number of ketones is 2. The Labute approximate surface area is 150 Å². The first kappa shape index (κ1) is 23.7. The van der Waals surface area contributed by atoms with Gasteiger partial charge >= 0.3 is 0 Å². The summed E-state index contributed by atoms with van der Waals surface area (Å²) in [6.07, 6.45) is 8.43. The van der Waals surface area contributed by atoms with Crippen molar-refractivity contribution in [2.24, 2.45) is 5.73 Å². The van der Waals surface area contributed by atoms with Gasteiger partial charge in [0.25, 0.3) is 5.91 Å². The molecule has 7 nitrogen and oxygen atoms in total. The second-order valence-corrected chi connectivity index (χ2v) is 6.45. The van der Waals surface area contributed by atoms with Crippen molar-refractivity contribution in [2.45, 2.75) is 83.6 Å². The molecule has 1 atom stereocenters. The van der Waals surface area contributed by atoms with Gasteiger partial charge in [0.05, 0.1) is 13.2 Å². The number of nitrogens with zero attached hydrogens (tertiary/aromatic N) is 1. The lowest BCUT2D eigenvalue weighted by Crippen LogP contribution is -2.44. The first-order valence-corrected chi connectivity index (χ1v) is 9.32. The average molecular weight is 358 g/mol. The molecule has 0 aromatic rings. The minimum Gasteiger partial charge on any atom is -0.394 e. The summed E-state index contributed by atoms with van der Waals surface area (Å²) in [7, 11) is 0. The van der Waals surface area contributed by atoms with E-state index in [4.69, 9.17) is 10.8 Å². The van der Waals surface area contributed by atoms with Gasteiger partial charge < -0.3 is 10.8 Å². The van der Waals surface area contributed by atoms with Crippen molar-refractivity contribution in [3.63, 3.8) is 0 Å². The lowest BCUT2D eigenvalue weighted by Gasteiger charge is -2.17. The SMILES string of the molecule is CCCCCCC(=O)CCCCCC(=O)CCN(O)C(=O)[C@H](N)CO. The highest BCUT2D eigenvalue weighted by molar-refractivity contribution is 5.82. The number of aliphatic hydroxyl groups excluding tert-OH is 1. The van der Waals surface area contributed by atoms with Crippen LogP contribution in [0.25, 0.3) is 0 Å². The predicted octanol–water partition coefficient (Wildman–Crippen LogP) is 1.97. The van der Waals surface area contributed by atoms with E-state index < -0.39 is 18.6 Å². The number of rotatable bonds is 16. The number of hydrogen-bond donors (Lipinski definition) is 3. The van der Waals surface area contributed by atoms with Crippen LogP contribution in [0.3, 0.4) is 0 Å². The number of carbonyl (C=O) groups is 3. The quantitative estimate of drug-likeness (QED) is 0.220. The van der Waals surface area contributed by atoms with E-state index in [1.807, 2.05) is 0 Å². The minimum absolute atomic E-state index is 0.0460. The van der Waals surface area contributed by atoms with E-state index in [-0.39, 0.29) is 18.7 Å². The molecule has 0 heterocycles. The van der Waals surface area contributed by atoms with Crippen molar-refractivity contribution in [3.8, 4) is 0 Å². The highest BCUT2D eigenvalue weighted by Crippen LogP contribution is 2.09. The summed E-state index contributed by atoms with van der Waals surface area (Å²) in [6, 6.07) is -1.17. The fourth-order valence-electron chi connectivity index (χ4n) is 2.43. The molecule has 25 heavy (non-hydrogen) atoms. The number of aliphatic hydroxyl groups is 1. The van der Waals surface area contributed by atoms with Gasteiger partial charge in [0.1, 0.15) is 17.6 Å². The Hall–Kier alpha value is -1.31. The molecule has 4 N–H and O–H groups in total. The minimum atomic E-state index is -1.17. The molecule has 0 unspecified atom stereocenters. The van der Waals surface area contributed by atoms with E-state index in [1.165, 1.54) is 12.8 Å². The van der Waals surface area contributed by atoms with E-state index in [2.05, 4.69) is 6.92 Å². The van der Waals surface area contributed by atoms with E-state index in [9.17, 15) is 19.6 Å². The summed E-state index contributed by atoms with van der Waals surface area (Å²) in [5.41, 5.74) is 5.29. The van der Waals surface area contributed by atoms with Crippen molar-refractivity contribution in [1.82, 2.24) is 5.06 Å². The molecule has 0 rings (SSSR count). The standard InChI is InChI=1S/C18H34N2O5/c1-2-3-4-6-9-15(22)10-7-5-8-11-16(23)12-13-20(25)18(24)17(19)14-21/h17,21,25H,2-14,19H2,1H3/t17-/m1/s1. The lowest BCUT2D eigenvalue weighted by atomic mass is 10.0. The van der Waals surface area contributed by atoms with Gasteiger partial charge in [-0.05, 0) is 19.3 Å². The molecule has 0 bridgehead atoms. The van der Waals surface area contributed by atoms with Crippen molar-refractivity contribution >= 4 is 17.5 Å². The molecular weight excluding hydrogens is 324 g/mol. The number of nitrogens with two attached hydrogens (primary N) is 1. The van der Waals surface area contributed by atoms with Gasteiger partial charge in [-0.3, -0.25) is 19.6 Å². The molecule has 146 valence electrons. The Balaban J connectivity index is 3.64. The first-order valence-electron chi connectivity index (χ1n) is 9.32. The fraction of sp³-hybridized carbons (Fsp3) is 0.833. The third kappa shape index (κ3) is 12.7. The highest BCUT2D eigenvalue weighted by atomic mass is 16.5. The van der Waals surface area contributed by atoms with Gasteiger partial charge in [-0.25, -0.2) is 5.06 Å². The Morgan fingerprint density at radius 1 is 0.880 bits per heavy atom. The van der Waals surface area contributed by atoms with Crippen LogP contribution in [0.15, 0.2) is 0 Å². The summed E-state index contributed by atoms with van der Waals surface area (Å²) in [5.74, 6) is -0.542. The van der Waals surface area contributed by atoms with Crippen LogP contribution in [0.4, 0.5) is 0 Å². The zero-order chi connectivity index (χ0) is 19.1. The number of amides is 1. The third-order valence-electron chi connectivity index (χ3n) is 4.09. The second-order valence-electron chi connectivity index (χ2n) is 6.45. The number of Topliss-reactive ketones (excluding diaryl/α,β-unsaturated/α-hetero) is 2. The molecule has 0 aliphatic carbocycles. The second kappa shape index (κ2) is 15.0. The van der Waals surface area contributed by atoms with E-state index >= 15 is 0 Å². The van der Waals surface area contributed by atoms with Crippen molar-refractivity contribution < 1.29 is 24.7 Å². The van der Waals surface area contributed by atoms with Crippen LogP contribution >= 0.6 is 0 Å². The molecule has 7 heteroatoms. The van der Waals surface area contributed by atoms with Crippen LogP contribution in [-0.4, -0.2) is 52.0 Å². The lowest BCUT2D eigenvalue weighted by molar-refractivity contribution is -0.168. The van der Waals surface area contributed by atoms with E-state index in [0.717, 1.165) is 25.7 Å². The summed E-state index contributed by atoms with van der Waals surface area (Å²) in [4.78, 5) is 34.8. The Morgan fingerprint density at radius 2 is 1.36 bits per heavy atom. The summed E-state index contributed by atoms with van der Waals surface area (Å²) in [6.45, 7) is 1.46. The zero-order valence-corrected chi connectivity index (χ0v) is 15.4. The zero-order valence-electron chi connectivity index (χ0n) is 15.4. The molecule has 1 amide bonds. The number of carbonyl (C=O) groups excluding carboxylic acids is 3. The summed E-state index contributed by atoms with van der Waals surface area (Å²) in [5, 5.41) is 18.6. The van der Waals surface area contributed by atoms with Gasteiger partial charge in [-0.15, -0.1) is 0 Å². The fourth-order valence-corrected chi connectivity index (χ4v) is 2.43. The number of hydrogen-bond acceptors (Lipinski definition) is 6. The smallest absolute Gasteiger partial charge is 0.265 e. The molecule has 0 saturated carbocycles. The monoisotopic (exact) mass is 358 g/mol. The Bertz CT molecular complexity index is 401. The molecule has 0 aromatic heterocycles. The maximum absolute atomic E-state index is 11.7. The van der Waals surface area contributed by atoms with Gasteiger partial charge in [0.15, 0.2) is 0 Å². The Morgan fingerprint density at radius 3 is 1.84 bits per heavy atom. The van der Waals surface area contributed by atoms with Crippen molar-refractivity contribution in [3.05, 3.63) is 0 Å². The number of hydroxylamine groups is 2. The average Bonchev–Trinajstić information content (AvgIpc) is 2.61. The molecular formula is C18H34N2O5. The molecule has 0 aliphatic heterocycles. The van der Waals surface area contributed by atoms with Gasteiger partial charge in [0, 0.05) is 25.7 Å². The molecule has 0 saturated heterocycles. The van der Waals surface area contributed by atoms with Crippen LogP contribution < -0.4 is 5.73 Å². The summed E-state index contributed by atoms with van der Waals surface area (Å²) >= 11 is 0. The van der Waals surface area contributed by atoms with Crippen molar-refractivity contribution in [2.75, 3.05) is 13.2 Å². The third-order valence-corrected chi connectivity index (χ3v) is 4.09. The van der Waals surface area contributed by atoms with E-state index in [0.29, 0.717) is 36.5 Å². The summed E-state index contributed by atoms with van der Waals surface area (Å²) < 4.78 is 0. The molecule has 0 fully saturated rings. The normalized spacial score (nSPS) is 12.0. The van der Waals surface area contributed by atoms with Gasteiger partial charge in [0.2, 0.25) is 0 Å². The van der Waals surface area contributed by atoms with E-state index in [1.54, 1.807) is 0 Å². The van der Waals surface area contributed by atoms with Gasteiger partial charge in [-0.2, -0.15) is 0 Å². The van der Waals surface area contributed by atoms with Crippen LogP contribution in [0.1, 0.15) is 77.6 Å². The van der Waals surface area contributed by atoms with Crippen molar-refractivity contribution in [1.29, 1.82) is 0 Å². The Kier molecular flexibility index (Phi) is 14.2. The van der Waals surface area contributed by atoms with Gasteiger partial charge in [-0.1, -0.05) is 32.6 Å². The molecule has 0 aliphatic rings. The molecule has 0 radical (unpaired) electrons. The molecule has 0 spiro atoms. The predicted molar refractivity (Wildman–Crippen MR) is 95.0 cm³/mol.